The largest absolute Gasteiger partial charge is 0.397 e. The van der Waals surface area contributed by atoms with Crippen molar-refractivity contribution in [2.24, 2.45) is 0 Å². The number of hydrogen-bond donors (Lipinski definition) is 1. The predicted octanol–water partition coefficient (Wildman–Crippen LogP) is 1.23. The van der Waals surface area contributed by atoms with E-state index in [9.17, 15) is 14.0 Å². The maximum absolute atomic E-state index is 13.0. The third-order valence-corrected chi connectivity index (χ3v) is 2.33. The lowest BCUT2D eigenvalue weighted by atomic mass is 10.2. The highest BCUT2D eigenvalue weighted by Crippen LogP contribution is 2.28. The third-order valence-electron chi connectivity index (χ3n) is 2.33. The van der Waals surface area contributed by atoms with Crippen LogP contribution >= 0.6 is 0 Å². The number of benzene rings is 1. The van der Waals surface area contributed by atoms with Gasteiger partial charge in [0.1, 0.15) is 5.82 Å². The Hall–Kier alpha value is -2.17. The maximum atomic E-state index is 13.0. The average Bonchev–Trinajstić information content (AvgIpc) is 2.46. The van der Waals surface area contributed by atoms with Crippen molar-refractivity contribution in [3.63, 3.8) is 0 Å². The highest BCUT2D eigenvalue weighted by Gasteiger charge is 2.31. The minimum Gasteiger partial charge on any atom is -0.397 e. The van der Waals surface area contributed by atoms with Gasteiger partial charge in [-0.15, -0.1) is 0 Å². The molecule has 0 saturated heterocycles. The van der Waals surface area contributed by atoms with E-state index in [0.29, 0.717) is 5.57 Å². The Morgan fingerprint density at radius 1 is 1.31 bits per heavy atom. The van der Waals surface area contributed by atoms with E-state index in [0.717, 1.165) is 11.0 Å². The first-order valence-corrected chi connectivity index (χ1v) is 4.62. The zero-order chi connectivity index (χ0) is 11.9. The Morgan fingerprint density at radius 2 is 2.00 bits per heavy atom. The lowest BCUT2D eigenvalue weighted by Crippen LogP contribution is -2.31. The van der Waals surface area contributed by atoms with Crippen LogP contribution in [0.5, 0.6) is 0 Å². The van der Waals surface area contributed by atoms with E-state index in [-0.39, 0.29) is 11.4 Å². The summed E-state index contributed by atoms with van der Waals surface area (Å²) in [5, 5.41) is 0. The molecule has 1 aromatic rings. The predicted molar refractivity (Wildman–Crippen MR) is 57.1 cm³/mol. The van der Waals surface area contributed by atoms with Crippen molar-refractivity contribution in [2.45, 2.75) is 6.92 Å². The molecule has 2 amide bonds. The molecule has 4 nitrogen and oxygen atoms in total. The molecule has 0 bridgehead atoms. The second kappa shape index (κ2) is 3.44. The Kier molecular flexibility index (Phi) is 2.23. The third kappa shape index (κ3) is 1.46. The molecule has 0 atom stereocenters. The van der Waals surface area contributed by atoms with Crippen LogP contribution in [0.2, 0.25) is 0 Å². The van der Waals surface area contributed by atoms with Crippen molar-refractivity contribution < 1.29 is 14.0 Å². The second-order valence-corrected chi connectivity index (χ2v) is 3.51. The van der Waals surface area contributed by atoms with Crippen molar-refractivity contribution in [3.05, 3.63) is 35.7 Å². The molecular formula is C11H9FN2O2. The smallest absolute Gasteiger partial charge is 0.261 e. The molecular weight excluding hydrogens is 211 g/mol. The van der Waals surface area contributed by atoms with Gasteiger partial charge < -0.3 is 5.73 Å². The summed E-state index contributed by atoms with van der Waals surface area (Å²) in [6.45, 7) is 1.52. The fourth-order valence-electron chi connectivity index (χ4n) is 1.53. The van der Waals surface area contributed by atoms with Gasteiger partial charge in [0.25, 0.3) is 11.8 Å². The molecule has 1 aromatic carbocycles. The van der Waals surface area contributed by atoms with Crippen LogP contribution in [-0.4, -0.2) is 11.8 Å². The first-order chi connectivity index (χ1) is 7.50. The van der Waals surface area contributed by atoms with Crippen LogP contribution < -0.4 is 10.6 Å². The van der Waals surface area contributed by atoms with E-state index in [1.54, 1.807) is 0 Å². The van der Waals surface area contributed by atoms with Gasteiger partial charge in [0.15, 0.2) is 0 Å². The zero-order valence-corrected chi connectivity index (χ0v) is 8.53. The summed E-state index contributed by atoms with van der Waals surface area (Å²) >= 11 is 0. The molecule has 1 aliphatic heterocycles. The quantitative estimate of drug-likeness (QED) is 0.571. The number of carbonyl (C=O) groups is 2. The minimum absolute atomic E-state index is 0.0862. The molecule has 1 aliphatic rings. The van der Waals surface area contributed by atoms with Crippen LogP contribution in [0.25, 0.3) is 0 Å². The topological polar surface area (TPSA) is 63.4 Å². The highest BCUT2D eigenvalue weighted by atomic mass is 19.1. The lowest BCUT2D eigenvalue weighted by molar-refractivity contribution is -0.120. The van der Waals surface area contributed by atoms with Crippen molar-refractivity contribution in [1.82, 2.24) is 0 Å². The van der Waals surface area contributed by atoms with Crippen LogP contribution in [0.15, 0.2) is 29.8 Å². The zero-order valence-electron chi connectivity index (χ0n) is 8.53. The molecule has 0 saturated carbocycles. The van der Waals surface area contributed by atoms with E-state index in [4.69, 9.17) is 5.73 Å². The molecule has 2 N–H and O–H groups in total. The Labute approximate surface area is 91.1 Å². The van der Waals surface area contributed by atoms with E-state index < -0.39 is 17.6 Å². The molecule has 0 radical (unpaired) electrons. The number of imide groups is 1. The summed E-state index contributed by atoms with van der Waals surface area (Å²) in [6, 6.07) is 3.56. The molecule has 82 valence electrons. The first-order valence-electron chi connectivity index (χ1n) is 4.62. The van der Waals surface area contributed by atoms with Crippen molar-refractivity contribution in [1.29, 1.82) is 0 Å². The number of carbonyl (C=O) groups excluding carboxylic acids is 2. The van der Waals surface area contributed by atoms with Crippen LogP contribution in [0.4, 0.5) is 15.8 Å². The summed E-state index contributed by atoms with van der Waals surface area (Å²) < 4.78 is 13.0. The van der Waals surface area contributed by atoms with Crippen molar-refractivity contribution in [3.8, 4) is 0 Å². The normalized spacial score (nSPS) is 15.6. The molecule has 16 heavy (non-hydrogen) atoms. The SMILES string of the molecule is CC1=CC(=O)N(c2cc(F)ccc2N)C1=O. The highest BCUT2D eigenvalue weighted by molar-refractivity contribution is 6.31. The molecule has 2 rings (SSSR count). The van der Waals surface area contributed by atoms with Crippen LogP contribution in [0, 0.1) is 5.82 Å². The molecule has 0 fully saturated rings. The number of rotatable bonds is 1. The standard InChI is InChI=1S/C11H9FN2O2/c1-6-4-10(15)14(11(6)16)9-5-7(12)2-3-8(9)13/h2-5H,13H2,1H3. The monoisotopic (exact) mass is 220 g/mol. The second-order valence-electron chi connectivity index (χ2n) is 3.51. The van der Waals surface area contributed by atoms with Gasteiger partial charge in [0, 0.05) is 17.7 Å². The summed E-state index contributed by atoms with van der Waals surface area (Å²) in [6.07, 6.45) is 1.20. The molecule has 0 aliphatic carbocycles. The van der Waals surface area contributed by atoms with Gasteiger partial charge in [0.05, 0.1) is 11.4 Å². The number of halogens is 1. The molecule has 5 heteroatoms. The lowest BCUT2D eigenvalue weighted by Gasteiger charge is -2.16. The Morgan fingerprint density at radius 3 is 2.56 bits per heavy atom. The Balaban J connectivity index is 2.50. The maximum Gasteiger partial charge on any atom is 0.261 e. The summed E-state index contributed by atoms with van der Waals surface area (Å²) in [7, 11) is 0. The molecule has 0 aromatic heterocycles. The summed E-state index contributed by atoms with van der Waals surface area (Å²) in [4.78, 5) is 24.0. The van der Waals surface area contributed by atoms with Gasteiger partial charge in [-0.2, -0.15) is 0 Å². The number of hydrogen-bond acceptors (Lipinski definition) is 3. The van der Waals surface area contributed by atoms with Gasteiger partial charge in [-0.25, -0.2) is 9.29 Å². The number of nitrogen functional groups attached to an aromatic ring is 1. The minimum atomic E-state index is -0.547. The number of anilines is 2. The van der Waals surface area contributed by atoms with Crippen LogP contribution in [0.1, 0.15) is 6.92 Å². The fourth-order valence-corrected chi connectivity index (χ4v) is 1.53. The number of amides is 2. The van der Waals surface area contributed by atoms with E-state index >= 15 is 0 Å². The van der Waals surface area contributed by atoms with Gasteiger partial charge in [-0.05, 0) is 19.1 Å². The number of nitrogens with zero attached hydrogens (tertiary/aromatic N) is 1. The van der Waals surface area contributed by atoms with Gasteiger partial charge >= 0.3 is 0 Å². The Bertz CT molecular complexity index is 523. The summed E-state index contributed by atoms with van der Waals surface area (Å²) in [5.41, 5.74) is 6.19. The first kappa shape index (κ1) is 10.4. The van der Waals surface area contributed by atoms with Crippen LogP contribution in [0.3, 0.4) is 0 Å². The van der Waals surface area contributed by atoms with Crippen molar-refractivity contribution in [2.75, 3.05) is 10.6 Å². The average molecular weight is 220 g/mol. The van der Waals surface area contributed by atoms with Crippen LogP contribution in [-0.2, 0) is 9.59 Å². The van der Waals surface area contributed by atoms with E-state index in [2.05, 4.69) is 0 Å². The van der Waals surface area contributed by atoms with Crippen molar-refractivity contribution >= 4 is 23.2 Å². The van der Waals surface area contributed by atoms with E-state index in [1.165, 1.54) is 25.1 Å². The fraction of sp³-hybridized carbons (Fsp3) is 0.0909. The molecule has 0 spiro atoms. The molecule has 0 unspecified atom stereocenters. The van der Waals surface area contributed by atoms with Gasteiger partial charge in [-0.3, -0.25) is 9.59 Å². The summed E-state index contributed by atoms with van der Waals surface area (Å²) in [5.74, 6) is -1.52. The number of nitrogens with two attached hydrogens (primary N) is 1. The molecule has 1 heterocycles. The van der Waals surface area contributed by atoms with Gasteiger partial charge in [-0.1, -0.05) is 0 Å². The van der Waals surface area contributed by atoms with Gasteiger partial charge in [0.2, 0.25) is 0 Å². The van der Waals surface area contributed by atoms with E-state index in [1.807, 2.05) is 0 Å².